The molecule has 2 N–H and O–H groups in total. The number of aromatic nitrogens is 4. The molecule has 0 saturated heterocycles. The third-order valence-electron chi connectivity index (χ3n) is 3.99. The number of H-pyrrole nitrogens is 1. The van der Waals surface area contributed by atoms with Crippen molar-refractivity contribution >= 4 is 23.1 Å². The standard InChI is InChI=1S/C19H16FN5OS/c1-11-7-18(25(24-11)15-5-3-14(20)4-6-15)23-19(26)16-8-13(9-21-16)17-10-27-12(2)22-17/h3-10,21H,1-2H3,(H,23,26). The Hall–Kier alpha value is -3.26. The van der Waals surface area contributed by atoms with Gasteiger partial charge in [0.2, 0.25) is 0 Å². The number of aryl methyl sites for hydroxylation is 2. The average molecular weight is 381 g/mol. The number of halogens is 1. The van der Waals surface area contributed by atoms with Gasteiger partial charge in [0.25, 0.3) is 5.91 Å². The summed E-state index contributed by atoms with van der Waals surface area (Å²) in [6.45, 7) is 3.76. The Labute approximate surface area is 158 Å². The van der Waals surface area contributed by atoms with Gasteiger partial charge < -0.3 is 10.3 Å². The molecule has 8 heteroatoms. The van der Waals surface area contributed by atoms with Gasteiger partial charge in [0.05, 0.1) is 22.1 Å². The highest BCUT2D eigenvalue weighted by atomic mass is 32.1. The van der Waals surface area contributed by atoms with E-state index in [1.807, 2.05) is 19.2 Å². The molecule has 0 aliphatic rings. The first-order chi connectivity index (χ1) is 13.0. The van der Waals surface area contributed by atoms with Gasteiger partial charge in [-0.15, -0.1) is 11.3 Å². The van der Waals surface area contributed by atoms with E-state index < -0.39 is 0 Å². The molecule has 1 amide bonds. The zero-order valence-electron chi connectivity index (χ0n) is 14.7. The van der Waals surface area contributed by atoms with Gasteiger partial charge in [-0.05, 0) is 44.2 Å². The number of benzene rings is 1. The molecule has 3 aromatic heterocycles. The second-order valence-electron chi connectivity index (χ2n) is 6.07. The molecule has 27 heavy (non-hydrogen) atoms. The zero-order chi connectivity index (χ0) is 19.0. The summed E-state index contributed by atoms with van der Waals surface area (Å²) in [6.07, 6.45) is 1.76. The van der Waals surface area contributed by atoms with Crippen molar-refractivity contribution in [2.24, 2.45) is 0 Å². The molecule has 0 atom stereocenters. The van der Waals surface area contributed by atoms with Crippen LogP contribution in [0.2, 0.25) is 0 Å². The van der Waals surface area contributed by atoms with Gasteiger partial charge >= 0.3 is 0 Å². The topological polar surface area (TPSA) is 75.6 Å². The number of hydrogen-bond acceptors (Lipinski definition) is 4. The maximum Gasteiger partial charge on any atom is 0.273 e. The van der Waals surface area contributed by atoms with Crippen LogP contribution in [0, 0.1) is 19.7 Å². The van der Waals surface area contributed by atoms with Crippen LogP contribution in [-0.2, 0) is 0 Å². The molecule has 3 heterocycles. The van der Waals surface area contributed by atoms with E-state index in [0.717, 1.165) is 22.0 Å². The quantitative estimate of drug-likeness (QED) is 0.552. The van der Waals surface area contributed by atoms with Crippen molar-refractivity contribution in [2.75, 3.05) is 5.32 Å². The normalized spacial score (nSPS) is 10.9. The lowest BCUT2D eigenvalue weighted by Gasteiger charge is -2.08. The Kier molecular flexibility index (Phi) is 4.33. The van der Waals surface area contributed by atoms with Gasteiger partial charge in [-0.25, -0.2) is 14.1 Å². The van der Waals surface area contributed by atoms with E-state index in [1.165, 1.54) is 12.1 Å². The first-order valence-electron chi connectivity index (χ1n) is 8.24. The molecule has 0 bridgehead atoms. The summed E-state index contributed by atoms with van der Waals surface area (Å²) in [6, 6.07) is 9.43. The molecule has 0 fully saturated rings. The summed E-state index contributed by atoms with van der Waals surface area (Å²) >= 11 is 1.56. The Balaban J connectivity index is 1.59. The molecule has 136 valence electrons. The number of rotatable bonds is 4. The van der Waals surface area contributed by atoms with Crippen molar-refractivity contribution < 1.29 is 9.18 Å². The van der Waals surface area contributed by atoms with Crippen LogP contribution in [0.1, 0.15) is 21.2 Å². The molecule has 0 aliphatic carbocycles. The largest absolute Gasteiger partial charge is 0.357 e. The van der Waals surface area contributed by atoms with Crippen LogP contribution < -0.4 is 5.32 Å². The van der Waals surface area contributed by atoms with Crippen LogP contribution in [0.5, 0.6) is 0 Å². The number of aromatic amines is 1. The number of hydrogen-bond donors (Lipinski definition) is 2. The Bertz CT molecular complexity index is 1110. The molecule has 6 nitrogen and oxygen atoms in total. The highest BCUT2D eigenvalue weighted by Crippen LogP contribution is 2.23. The number of nitrogens with one attached hydrogen (secondary N) is 2. The van der Waals surface area contributed by atoms with E-state index in [-0.39, 0.29) is 11.7 Å². The number of amides is 1. The number of anilines is 1. The summed E-state index contributed by atoms with van der Waals surface area (Å²) in [7, 11) is 0. The fraction of sp³-hybridized carbons (Fsp3) is 0.105. The lowest BCUT2D eigenvalue weighted by Crippen LogP contribution is -2.15. The molecule has 1 aromatic carbocycles. The summed E-state index contributed by atoms with van der Waals surface area (Å²) in [5.74, 6) is -0.120. The van der Waals surface area contributed by atoms with E-state index in [0.29, 0.717) is 17.2 Å². The minimum absolute atomic E-state index is 0.295. The van der Waals surface area contributed by atoms with Gasteiger partial charge in [-0.2, -0.15) is 5.10 Å². The molecular weight excluding hydrogens is 365 g/mol. The summed E-state index contributed by atoms with van der Waals surface area (Å²) in [5.41, 5.74) is 3.50. The van der Waals surface area contributed by atoms with E-state index >= 15 is 0 Å². The molecule has 0 saturated carbocycles. The van der Waals surface area contributed by atoms with E-state index in [4.69, 9.17) is 0 Å². The van der Waals surface area contributed by atoms with Crippen molar-refractivity contribution in [1.29, 1.82) is 0 Å². The second kappa shape index (κ2) is 6.81. The maximum atomic E-state index is 13.2. The van der Waals surface area contributed by atoms with Crippen molar-refractivity contribution in [3.8, 4) is 16.9 Å². The predicted molar refractivity (Wildman–Crippen MR) is 103 cm³/mol. The van der Waals surface area contributed by atoms with Crippen LogP contribution in [0.15, 0.2) is 48.0 Å². The molecule has 4 aromatic rings. The lowest BCUT2D eigenvalue weighted by molar-refractivity contribution is 0.102. The van der Waals surface area contributed by atoms with Gasteiger partial charge in [0.1, 0.15) is 17.3 Å². The van der Waals surface area contributed by atoms with Crippen molar-refractivity contribution in [2.45, 2.75) is 13.8 Å². The van der Waals surface area contributed by atoms with Crippen LogP contribution >= 0.6 is 11.3 Å². The van der Waals surface area contributed by atoms with Crippen LogP contribution in [-0.4, -0.2) is 25.7 Å². The summed E-state index contributed by atoms with van der Waals surface area (Å²) < 4.78 is 14.7. The number of thiazole rings is 1. The summed E-state index contributed by atoms with van der Waals surface area (Å²) in [4.78, 5) is 20.1. The van der Waals surface area contributed by atoms with E-state index in [2.05, 4.69) is 20.4 Å². The number of nitrogens with zero attached hydrogens (tertiary/aromatic N) is 3. The molecule has 0 unspecified atom stereocenters. The maximum absolute atomic E-state index is 13.2. The third kappa shape index (κ3) is 3.52. The van der Waals surface area contributed by atoms with Crippen molar-refractivity contribution in [3.63, 3.8) is 0 Å². The SMILES string of the molecule is Cc1cc(NC(=O)c2cc(-c3csc(C)n3)c[nH]2)n(-c2ccc(F)cc2)n1. The van der Waals surface area contributed by atoms with E-state index in [9.17, 15) is 9.18 Å². The van der Waals surface area contributed by atoms with Crippen LogP contribution in [0.25, 0.3) is 16.9 Å². The number of carbonyl (C=O) groups is 1. The third-order valence-corrected chi connectivity index (χ3v) is 4.76. The summed E-state index contributed by atoms with van der Waals surface area (Å²) in [5, 5.41) is 10.1. The fourth-order valence-corrected chi connectivity index (χ4v) is 3.34. The Morgan fingerprint density at radius 1 is 1.22 bits per heavy atom. The van der Waals surface area contributed by atoms with Gasteiger partial charge in [-0.1, -0.05) is 0 Å². The number of carbonyl (C=O) groups excluding carboxylic acids is 1. The second-order valence-corrected chi connectivity index (χ2v) is 7.13. The molecule has 4 rings (SSSR count). The Morgan fingerprint density at radius 2 is 2.00 bits per heavy atom. The lowest BCUT2D eigenvalue weighted by atomic mass is 10.2. The zero-order valence-corrected chi connectivity index (χ0v) is 15.5. The van der Waals surface area contributed by atoms with Crippen molar-refractivity contribution in [3.05, 3.63) is 70.2 Å². The van der Waals surface area contributed by atoms with Gasteiger partial charge in [0, 0.05) is 23.2 Å². The fourth-order valence-electron chi connectivity index (χ4n) is 2.72. The van der Waals surface area contributed by atoms with Gasteiger partial charge in [-0.3, -0.25) is 4.79 Å². The van der Waals surface area contributed by atoms with Crippen LogP contribution in [0.3, 0.4) is 0 Å². The average Bonchev–Trinajstić information content (AvgIpc) is 3.35. The Morgan fingerprint density at radius 3 is 2.70 bits per heavy atom. The molecular formula is C19H16FN5OS. The molecule has 0 aliphatic heterocycles. The van der Waals surface area contributed by atoms with Gasteiger partial charge in [0.15, 0.2) is 0 Å². The van der Waals surface area contributed by atoms with Crippen LogP contribution in [0.4, 0.5) is 10.2 Å². The first kappa shape index (κ1) is 17.2. The van der Waals surface area contributed by atoms with E-state index in [1.54, 1.807) is 46.5 Å². The monoisotopic (exact) mass is 381 g/mol. The van der Waals surface area contributed by atoms with Crippen molar-refractivity contribution in [1.82, 2.24) is 19.7 Å². The minimum atomic E-state index is -0.329. The minimum Gasteiger partial charge on any atom is -0.357 e. The highest BCUT2D eigenvalue weighted by molar-refractivity contribution is 7.09. The predicted octanol–water partition coefficient (Wildman–Crippen LogP) is 4.33. The molecule has 0 radical (unpaired) electrons. The highest BCUT2D eigenvalue weighted by Gasteiger charge is 2.15. The first-order valence-corrected chi connectivity index (χ1v) is 9.12. The molecule has 0 spiro atoms. The smallest absolute Gasteiger partial charge is 0.273 e.